The zero-order chi connectivity index (χ0) is 12.9. The molecule has 17 heavy (non-hydrogen) atoms. The molecule has 0 aliphatic carbocycles. The van der Waals surface area contributed by atoms with Crippen molar-refractivity contribution in [2.75, 3.05) is 19.0 Å². The molecule has 0 aromatic heterocycles. The number of nitrogens with one attached hydrogen (secondary N) is 2. The van der Waals surface area contributed by atoms with E-state index in [-0.39, 0.29) is 12.6 Å². The molecule has 0 spiro atoms. The first-order valence-corrected chi connectivity index (χ1v) is 5.31. The highest BCUT2D eigenvalue weighted by Gasteiger charge is 2.19. The molecule has 5 nitrogen and oxygen atoms in total. The number of ether oxygens (including phenoxy) is 1. The number of methoxy groups -OCH3 is 1. The van der Waals surface area contributed by atoms with Crippen LogP contribution < -0.4 is 15.4 Å². The first-order chi connectivity index (χ1) is 7.98. The predicted molar refractivity (Wildman–Crippen MR) is 66.3 cm³/mol. The fraction of sp³-hybridized carbons (Fsp3) is 0.417. The molecule has 1 rings (SSSR count). The van der Waals surface area contributed by atoms with Crippen LogP contribution in [0.4, 0.5) is 10.5 Å². The molecular formula is C12H18N2O3. The van der Waals surface area contributed by atoms with Crippen LogP contribution >= 0.6 is 0 Å². The zero-order valence-electron chi connectivity index (χ0n) is 10.3. The van der Waals surface area contributed by atoms with Gasteiger partial charge < -0.3 is 20.5 Å². The van der Waals surface area contributed by atoms with Crippen LogP contribution in [0.1, 0.15) is 13.8 Å². The van der Waals surface area contributed by atoms with E-state index in [2.05, 4.69) is 10.6 Å². The van der Waals surface area contributed by atoms with Crippen molar-refractivity contribution in [2.24, 2.45) is 0 Å². The molecule has 1 aromatic carbocycles. The lowest BCUT2D eigenvalue weighted by Gasteiger charge is -2.23. The second-order valence-electron chi connectivity index (χ2n) is 4.32. The van der Waals surface area contributed by atoms with Crippen LogP contribution in [0, 0.1) is 0 Å². The minimum absolute atomic E-state index is 0.133. The van der Waals surface area contributed by atoms with Crippen molar-refractivity contribution in [3.63, 3.8) is 0 Å². The second kappa shape index (κ2) is 5.54. The van der Waals surface area contributed by atoms with Gasteiger partial charge in [0.05, 0.1) is 24.9 Å². The smallest absolute Gasteiger partial charge is 0.319 e. The molecule has 0 bridgehead atoms. The molecule has 0 radical (unpaired) electrons. The maximum Gasteiger partial charge on any atom is 0.319 e. The highest BCUT2D eigenvalue weighted by atomic mass is 16.5. The van der Waals surface area contributed by atoms with Crippen molar-refractivity contribution in [3.8, 4) is 5.75 Å². The fourth-order valence-corrected chi connectivity index (χ4v) is 1.25. The average molecular weight is 238 g/mol. The van der Waals surface area contributed by atoms with Crippen LogP contribution in [0.25, 0.3) is 0 Å². The monoisotopic (exact) mass is 238 g/mol. The summed E-state index contributed by atoms with van der Waals surface area (Å²) in [7, 11) is 1.54. The van der Waals surface area contributed by atoms with Crippen LogP contribution in [0.3, 0.4) is 0 Å². The number of carbonyl (C=O) groups excluding carboxylic acids is 1. The summed E-state index contributed by atoms with van der Waals surface area (Å²) in [5.74, 6) is 0.587. The molecule has 3 N–H and O–H groups in total. The van der Waals surface area contributed by atoms with Crippen LogP contribution in [0.2, 0.25) is 0 Å². The SMILES string of the molecule is COc1ccccc1NC(=O)NC(C)(C)CO. The van der Waals surface area contributed by atoms with Crippen molar-refractivity contribution >= 4 is 11.7 Å². The summed E-state index contributed by atoms with van der Waals surface area (Å²) < 4.78 is 5.11. The Morgan fingerprint density at radius 1 is 1.41 bits per heavy atom. The standard InChI is InChI=1S/C12H18N2O3/c1-12(2,8-15)14-11(16)13-9-6-4-5-7-10(9)17-3/h4-7,15H,8H2,1-3H3,(H2,13,14,16). The van der Waals surface area contributed by atoms with Crippen molar-refractivity contribution in [1.29, 1.82) is 0 Å². The summed E-state index contributed by atoms with van der Waals surface area (Å²) in [6.07, 6.45) is 0. The van der Waals surface area contributed by atoms with Gasteiger partial charge in [-0.15, -0.1) is 0 Å². The van der Waals surface area contributed by atoms with E-state index in [1.54, 1.807) is 32.0 Å². The Labute approximate surface area is 101 Å². The Hall–Kier alpha value is -1.75. The number of para-hydroxylation sites is 2. The Balaban J connectivity index is 2.68. The Bertz CT molecular complexity index is 391. The topological polar surface area (TPSA) is 70.6 Å². The number of anilines is 1. The summed E-state index contributed by atoms with van der Waals surface area (Å²) in [6, 6.07) is 6.74. The van der Waals surface area contributed by atoms with E-state index in [1.807, 2.05) is 6.07 Å². The number of hydrogen-bond acceptors (Lipinski definition) is 3. The highest BCUT2D eigenvalue weighted by molar-refractivity contribution is 5.91. The van der Waals surface area contributed by atoms with E-state index < -0.39 is 5.54 Å². The van der Waals surface area contributed by atoms with Gasteiger partial charge in [-0.05, 0) is 26.0 Å². The van der Waals surface area contributed by atoms with E-state index in [1.165, 1.54) is 7.11 Å². The van der Waals surface area contributed by atoms with E-state index in [9.17, 15) is 4.79 Å². The first kappa shape index (κ1) is 13.3. The van der Waals surface area contributed by atoms with Crippen molar-refractivity contribution in [3.05, 3.63) is 24.3 Å². The van der Waals surface area contributed by atoms with Gasteiger partial charge in [-0.25, -0.2) is 4.79 Å². The Morgan fingerprint density at radius 2 is 2.06 bits per heavy atom. The normalized spacial score (nSPS) is 10.8. The van der Waals surface area contributed by atoms with Gasteiger partial charge in [0, 0.05) is 0 Å². The van der Waals surface area contributed by atoms with Gasteiger partial charge in [-0.3, -0.25) is 0 Å². The van der Waals surface area contributed by atoms with Crippen molar-refractivity contribution in [2.45, 2.75) is 19.4 Å². The molecule has 0 heterocycles. The maximum atomic E-state index is 11.7. The summed E-state index contributed by atoms with van der Waals surface area (Å²) >= 11 is 0. The second-order valence-corrected chi connectivity index (χ2v) is 4.32. The van der Waals surface area contributed by atoms with Crippen LogP contribution in [-0.4, -0.2) is 30.4 Å². The maximum absolute atomic E-state index is 11.7. The number of aliphatic hydroxyl groups excluding tert-OH is 1. The van der Waals surface area contributed by atoms with E-state index in [0.717, 1.165) is 0 Å². The molecule has 2 amide bonds. The number of benzene rings is 1. The van der Waals surface area contributed by atoms with Crippen LogP contribution in [0.5, 0.6) is 5.75 Å². The number of aliphatic hydroxyl groups is 1. The van der Waals surface area contributed by atoms with Gasteiger partial charge in [0.25, 0.3) is 0 Å². The van der Waals surface area contributed by atoms with E-state index >= 15 is 0 Å². The van der Waals surface area contributed by atoms with Gasteiger partial charge >= 0.3 is 6.03 Å². The summed E-state index contributed by atoms with van der Waals surface area (Å²) in [5, 5.41) is 14.4. The van der Waals surface area contributed by atoms with Gasteiger partial charge in [-0.1, -0.05) is 12.1 Å². The molecular weight excluding hydrogens is 220 g/mol. The third kappa shape index (κ3) is 3.96. The van der Waals surface area contributed by atoms with Gasteiger partial charge in [0.1, 0.15) is 5.75 Å². The van der Waals surface area contributed by atoms with Crippen LogP contribution in [-0.2, 0) is 0 Å². The van der Waals surface area contributed by atoms with E-state index in [4.69, 9.17) is 9.84 Å². The summed E-state index contributed by atoms with van der Waals surface area (Å²) in [6.45, 7) is 3.33. The number of urea groups is 1. The fourth-order valence-electron chi connectivity index (χ4n) is 1.25. The molecule has 0 fully saturated rings. The molecule has 0 unspecified atom stereocenters. The summed E-state index contributed by atoms with van der Waals surface area (Å²) in [5.41, 5.74) is -0.0761. The molecule has 94 valence electrons. The first-order valence-electron chi connectivity index (χ1n) is 5.31. The third-order valence-electron chi connectivity index (χ3n) is 2.20. The van der Waals surface area contributed by atoms with E-state index in [0.29, 0.717) is 11.4 Å². The molecule has 0 atom stereocenters. The lowest BCUT2D eigenvalue weighted by Crippen LogP contribution is -2.48. The number of carbonyl (C=O) groups is 1. The zero-order valence-corrected chi connectivity index (χ0v) is 10.3. The number of rotatable bonds is 4. The predicted octanol–water partition coefficient (Wildman–Crippen LogP) is 1.59. The number of amides is 2. The summed E-state index contributed by atoms with van der Waals surface area (Å²) in [4.78, 5) is 11.7. The molecule has 0 aliphatic rings. The minimum Gasteiger partial charge on any atom is -0.495 e. The largest absolute Gasteiger partial charge is 0.495 e. The van der Waals surface area contributed by atoms with Gasteiger partial charge in [0.2, 0.25) is 0 Å². The average Bonchev–Trinajstić information content (AvgIpc) is 2.29. The minimum atomic E-state index is -0.661. The molecule has 0 saturated heterocycles. The lowest BCUT2D eigenvalue weighted by molar-refractivity contribution is 0.187. The molecule has 0 saturated carbocycles. The van der Waals surface area contributed by atoms with Gasteiger partial charge in [0.15, 0.2) is 0 Å². The molecule has 5 heteroatoms. The molecule has 1 aromatic rings. The third-order valence-corrected chi connectivity index (χ3v) is 2.20. The number of hydrogen-bond donors (Lipinski definition) is 3. The highest BCUT2D eigenvalue weighted by Crippen LogP contribution is 2.22. The van der Waals surface area contributed by atoms with Gasteiger partial charge in [-0.2, -0.15) is 0 Å². The molecule has 0 aliphatic heterocycles. The Kier molecular flexibility index (Phi) is 4.34. The van der Waals surface area contributed by atoms with Crippen molar-refractivity contribution in [1.82, 2.24) is 5.32 Å². The van der Waals surface area contributed by atoms with Crippen LogP contribution in [0.15, 0.2) is 24.3 Å². The van der Waals surface area contributed by atoms with Crippen molar-refractivity contribution < 1.29 is 14.6 Å². The lowest BCUT2D eigenvalue weighted by atomic mass is 10.1. The quantitative estimate of drug-likeness (QED) is 0.746. The Morgan fingerprint density at radius 3 is 2.65 bits per heavy atom.